The highest BCUT2D eigenvalue weighted by Crippen LogP contribution is 2.11. The topological polar surface area (TPSA) is 66.5 Å². The van der Waals surface area contributed by atoms with E-state index in [9.17, 15) is 13.2 Å². The Morgan fingerprint density at radius 3 is 2.38 bits per heavy atom. The van der Waals surface area contributed by atoms with Crippen LogP contribution < -0.4 is 5.32 Å². The Morgan fingerprint density at radius 2 is 1.90 bits per heavy atom. The molecule has 7 heteroatoms. The summed E-state index contributed by atoms with van der Waals surface area (Å²) in [4.78, 5) is 13.9. The highest BCUT2D eigenvalue weighted by Gasteiger charge is 2.19. The van der Waals surface area contributed by atoms with Crippen LogP contribution in [0.15, 0.2) is 24.3 Å². The molecule has 1 aromatic carbocycles. The number of hydrogen-bond donors (Lipinski definition) is 1. The van der Waals surface area contributed by atoms with Gasteiger partial charge in [0.25, 0.3) is 0 Å². The largest absolute Gasteiger partial charge is 0.325 e. The van der Waals surface area contributed by atoms with Crippen LogP contribution in [-0.2, 0) is 14.6 Å². The Labute approximate surface area is 140 Å². The quantitative estimate of drug-likeness (QED) is 0.680. The molecule has 0 aromatic heterocycles. The van der Waals surface area contributed by atoms with Crippen molar-refractivity contribution in [3.8, 4) is 0 Å². The first kappa shape index (κ1) is 18.4. The maximum absolute atomic E-state index is 12.0. The second kappa shape index (κ2) is 8.09. The van der Waals surface area contributed by atoms with Crippen molar-refractivity contribution in [2.45, 2.75) is 19.9 Å². The Balaban J connectivity index is 2.60. The number of halogens is 1. The van der Waals surface area contributed by atoms with Gasteiger partial charge in [-0.2, -0.15) is 0 Å². The summed E-state index contributed by atoms with van der Waals surface area (Å²) in [5.74, 6) is -0.0871. The summed E-state index contributed by atoms with van der Waals surface area (Å²) >= 11 is 2.20. The highest BCUT2D eigenvalue weighted by atomic mass is 127. The van der Waals surface area contributed by atoms with E-state index >= 15 is 0 Å². The Bertz CT molecular complexity index is 572. The molecule has 0 heterocycles. The third-order valence-corrected chi connectivity index (χ3v) is 4.86. The average Bonchev–Trinajstić information content (AvgIpc) is 2.36. The number of rotatable bonds is 7. The Morgan fingerprint density at radius 1 is 1.33 bits per heavy atom. The number of hydrogen-bond acceptors (Lipinski definition) is 4. The molecule has 118 valence electrons. The molecule has 1 unspecified atom stereocenters. The normalized spacial score (nSPS) is 13.2. The van der Waals surface area contributed by atoms with Crippen LogP contribution in [0.1, 0.15) is 13.8 Å². The van der Waals surface area contributed by atoms with Crippen LogP contribution in [0, 0.1) is 3.57 Å². The molecule has 0 aliphatic carbocycles. The first-order chi connectivity index (χ1) is 9.71. The monoisotopic (exact) mass is 424 g/mol. The molecule has 0 aliphatic rings. The standard InChI is InChI=1S/C14H21IN2O3S/c1-4-17(11(2)10-21(3,19)20)9-14(18)16-13-7-5-12(15)6-8-13/h5-8,11H,4,9-10H2,1-3H3,(H,16,18). The molecule has 1 atom stereocenters. The lowest BCUT2D eigenvalue weighted by molar-refractivity contribution is -0.117. The summed E-state index contributed by atoms with van der Waals surface area (Å²) in [7, 11) is -3.05. The molecule has 1 N–H and O–H groups in total. The van der Waals surface area contributed by atoms with Crippen molar-refractivity contribution < 1.29 is 13.2 Å². The average molecular weight is 424 g/mol. The van der Waals surface area contributed by atoms with Crippen molar-refractivity contribution in [3.05, 3.63) is 27.8 Å². The molecule has 0 saturated carbocycles. The first-order valence-corrected chi connectivity index (χ1v) is 9.82. The molecule has 21 heavy (non-hydrogen) atoms. The van der Waals surface area contributed by atoms with Gasteiger partial charge in [0.05, 0.1) is 12.3 Å². The minimum absolute atomic E-state index is 0.0532. The summed E-state index contributed by atoms with van der Waals surface area (Å²) in [6, 6.07) is 7.33. The smallest absolute Gasteiger partial charge is 0.238 e. The van der Waals surface area contributed by atoms with Gasteiger partial charge in [-0.05, 0) is 60.3 Å². The zero-order chi connectivity index (χ0) is 16.0. The zero-order valence-corrected chi connectivity index (χ0v) is 15.4. The number of carbonyl (C=O) groups is 1. The van der Waals surface area contributed by atoms with Crippen molar-refractivity contribution in [2.24, 2.45) is 0 Å². The summed E-state index contributed by atoms with van der Waals surface area (Å²) in [6.07, 6.45) is 1.21. The van der Waals surface area contributed by atoms with Crippen LogP contribution >= 0.6 is 22.6 Å². The predicted molar refractivity (Wildman–Crippen MR) is 94.2 cm³/mol. The van der Waals surface area contributed by atoms with E-state index in [1.807, 2.05) is 43.0 Å². The molecule has 0 spiro atoms. The van der Waals surface area contributed by atoms with Crippen molar-refractivity contribution >= 4 is 44.0 Å². The minimum atomic E-state index is -3.05. The lowest BCUT2D eigenvalue weighted by Gasteiger charge is -2.26. The van der Waals surface area contributed by atoms with Gasteiger partial charge in [-0.25, -0.2) is 8.42 Å². The van der Waals surface area contributed by atoms with Crippen LogP contribution in [0.3, 0.4) is 0 Å². The molecule has 1 aromatic rings. The fraction of sp³-hybridized carbons (Fsp3) is 0.500. The van der Waals surface area contributed by atoms with Crippen LogP contribution in [0.25, 0.3) is 0 Å². The molecule has 1 amide bonds. The Hall–Kier alpha value is -0.670. The Kier molecular flexibility index (Phi) is 7.08. The van der Waals surface area contributed by atoms with E-state index in [1.54, 1.807) is 0 Å². The van der Waals surface area contributed by atoms with Gasteiger partial charge in [-0.15, -0.1) is 0 Å². The molecule has 0 fully saturated rings. The minimum Gasteiger partial charge on any atom is -0.325 e. The SMILES string of the molecule is CCN(CC(=O)Nc1ccc(I)cc1)C(C)CS(C)(=O)=O. The van der Waals surface area contributed by atoms with Gasteiger partial charge in [0.15, 0.2) is 0 Å². The van der Waals surface area contributed by atoms with Crippen molar-refractivity contribution in [1.82, 2.24) is 4.90 Å². The number of carbonyl (C=O) groups excluding carboxylic acids is 1. The van der Waals surface area contributed by atoms with Gasteiger partial charge in [0.1, 0.15) is 9.84 Å². The van der Waals surface area contributed by atoms with E-state index in [-0.39, 0.29) is 24.2 Å². The number of nitrogens with one attached hydrogen (secondary N) is 1. The van der Waals surface area contributed by atoms with Crippen molar-refractivity contribution in [1.29, 1.82) is 0 Å². The van der Waals surface area contributed by atoms with Gasteiger partial charge < -0.3 is 5.32 Å². The number of benzene rings is 1. The predicted octanol–water partition coefficient (Wildman–Crippen LogP) is 1.98. The molecule has 0 aliphatic heterocycles. The lowest BCUT2D eigenvalue weighted by Crippen LogP contribution is -2.42. The van der Waals surface area contributed by atoms with Crippen molar-refractivity contribution in [3.63, 3.8) is 0 Å². The van der Waals surface area contributed by atoms with E-state index in [0.717, 1.165) is 9.26 Å². The fourth-order valence-electron chi connectivity index (χ4n) is 2.04. The van der Waals surface area contributed by atoms with Crippen LogP contribution in [-0.4, -0.2) is 50.4 Å². The molecule has 0 bridgehead atoms. The summed E-state index contributed by atoms with van der Waals surface area (Å²) < 4.78 is 23.8. The number of anilines is 1. The van der Waals surface area contributed by atoms with Gasteiger partial charge in [-0.1, -0.05) is 6.92 Å². The molecular weight excluding hydrogens is 403 g/mol. The maximum Gasteiger partial charge on any atom is 0.238 e. The number of likely N-dealkylation sites (N-methyl/N-ethyl adjacent to an activating group) is 1. The van der Waals surface area contributed by atoms with Gasteiger partial charge >= 0.3 is 0 Å². The van der Waals surface area contributed by atoms with E-state index in [0.29, 0.717) is 6.54 Å². The van der Waals surface area contributed by atoms with E-state index in [2.05, 4.69) is 27.9 Å². The number of sulfone groups is 1. The number of nitrogens with zero attached hydrogens (tertiary/aromatic N) is 1. The van der Waals surface area contributed by atoms with E-state index in [1.165, 1.54) is 6.26 Å². The summed E-state index contributed by atoms with van der Waals surface area (Å²) in [5, 5.41) is 2.82. The van der Waals surface area contributed by atoms with Crippen LogP contribution in [0.4, 0.5) is 5.69 Å². The molecule has 0 radical (unpaired) electrons. The van der Waals surface area contributed by atoms with Gasteiger partial charge in [0.2, 0.25) is 5.91 Å². The van der Waals surface area contributed by atoms with E-state index in [4.69, 9.17) is 0 Å². The third kappa shape index (κ3) is 7.23. The maximum atomic E-state index is 12.0. The second-order valence-electron chi connectivity index (χ2n) is 5.06. The highest BCUT2D eigenvalue weighted by molar-refractivity contribution is 14.1. The summed E-state index contributed by atoms with van der Waals surface area (Å²) in [6.45, 7) is 4.54. The van der Waals surface area contributed by atoms with Gasteiger partial charge in [0, 0.05) is 21.6 Å². The molecule has 1 rings (SSSR count). The van der Waals surface area contributed by atoms with Crippen molar-refractivity contribution in [2.75, 3.05) is 30.4 Å². The van der Waals surface area contributed by atoms with Gasteiger partial charge in [-0.3, -0.25) is 9.69 Å². The van der Waals surface area contributed by atoms with Crippen LogP contribution in [0.5, 0.6) is 0 Å². The lowest BCUT2D eigenvalue weighted by atomic mass is 10.3. The zero-order valence-electron chi connectivity index (χ0n) is 12.5. The molecular formula is C14H21IN2O3S. The molecule has 5 nitrogen and oxygen atoms in total. The second-order valence-corrected chi connectivity index (χ2v) is 8.49. The summed E-state index contributed by atoms with van der Waals surface area (Å²) in [5.41, 5.74) is 0.743. The molecule has 0 saturated heterocycles. The first-order valence-electron chi connectivity index (χ1n) is 6.68. The number of amides is 1. The van der Waals surface area contributed by atoms with E-state index < -0.39 is 9.84 Å². The van der Waals surface area contributed by atoms with Crippen LogP contribution in [0.2, 0.25) is 0 Å². The third-order valence-electron chi connectivity index (χ3n) is 3.05. The fourth-order valence-corrected chi connectivity index (χ4v) is 3.49.